The molecule has 22 heavy (non-hydrogen) atoms. The van der Waals surface area contributed by atoms with Crippen LogP contribution in [0.3, 0.4) is 0 Å². The van der Waals surface area contributed by atoms with Crippen molar-refractivity contribution >= 4 is 35.0 Å². The number of ether oxygens (including phenoxy) is 1. The Hall–Kier alpha value is -2.35. The molecule has 2 heterocycles. The van der Waals surface area contributed by atoms with Crippen molar-refractivity contribution in [1.29, 1.82) is 0 Å². The Labute approximate surface area is 131 Å². The van der Waals surface area contributed by atoms with Crippen LogP contribution in [0.1, 0.15) is 31.3 Å². The molecule has 1 N–H and O–H groups in total. The van der Waals surface area contributed by atoms with E-state index in [-0.39, 0.29) is 16.5 Å². The molecule has 0 saturated carbocycles. The van der Waals surface area contributed by atoms with Crippen LogP contribution in [0.4, 0.5) is 10.5 Å². The van der Waals surface area contributed by atoms with Gasteiger partial charge in [-0.15, -0.1) is 0 Å². The lowest BCUT2D eigenvalue weighted by Gasteiger charge is -2.24. The van der Waals surface area contributed by atoms with Crippen LogP contribution >= 0.6 is 11.6 Å². The van der Waals surface area contributed by atoms with E-state index in [4.69, 9.17) is 21.4 Å². The van der Waals surface area contributed by atoms with Gasteiger partial charge in [-0.1, -0.05) is 11.6 Å². The predicted octanol–water partition coefficient (Wildman–Crippen LogP) is 2.45. The highest BCUT2D eigenvalue weighted by Gasteiger charge is 2.24. The Morgan fingerprint density at radius 1 is 1.41 bits per heavy atom. The van der Waals surface area contributed by atoms with Crippen molar-refractivity contribution in [3.8, 4) is 0 Å². The summed E-state index contributed by atoms with van der Waals surface area (Å²) in [7, 11) is 1.48. The molecule has 0 radical (unpaired) electrons. The van der Waals surface area contributed by atoms with E-state index in [0.29, 0.717) is 5.69 Å². The summed E-state index contributed by atoms with van der Waals surface area (Å²) in [4.78, 5) is 28.5. The second-order valence-electron chi connectivity index (χ2n) is 5.58. The molecule has 0 fully saturated rings. The number of amides is 1. The average Bonchev–Trinajstić information content (AvgIpc) is 2.78. The smallest absolute Gasteiger partial charge is 0.414 e. The minimum absolute atomic E-state index is 0.0263. The number of imidazole rings is 1. The Morgan fingerprint density at radius 2 is 2.05 bits per heavy atom. The SMILES string of the molecule is CN(C(=O)OC(C)(C)C)c1cc(Cl)nn2c(C(=O)O)cnc12. The molecule has 0 atom stereocenters. The van der Waals surface area contributed by atoms with Gasteiger partial charge in [0.1, 0.15) is 5.60 Å². The van der Waals surface area contributed by atoms with E-state index in [2.05, 4.69) is 10.1 Å². The third kappa shape index (κ3) is 3.11. The highest BCUT2D eigenvalue weighted by atomic mass is 35.5. The van der Waals surface area contributed by atoms with Crippen LogP contribution in [-0.4, -0.2) is 44.4 Å². The summed E-state index contributed by atoms with van der Waals surface area (Å²) in [5.74, 6) is -1.20. The molecule has 0 aliphatic rings. The molecule has 0 aliphatic carbocycles. The van der Waals surface area contributed by atoms with Crippen molar-refractivity contribution in [3.05, 3.63) is 23.1 Å². The molecule has 2 rings (SSSR count). The molecule has 0 bridgehead atoms. The number of halogens is 1. The van der Waals surface area contributed by atoms with Gasteiger partial charge in [-0.25, -0.2) is 19.1 Å². The van der Waals surface area contributed by atoms with E-state index in [0.717, 1.165) is 10.7 Å². The largest absolute Gasteiger partial charge is 0.476 e. The maximum absolute atomic E-state index is 12.1. The maximum Gasteiger partial charge on any atom is 0.414 e. The zero-order valence-electron chi connectivity index (χ0n) is 12.5. The third-order valence-corrected chi connectivity index (χ3v) is 2.85. The first kappa shape index (κ1) is 16.0. The summed E-state index contributed by atoms with van der Waals surface area (Å²) >= 11 is 5.91. The van der Waals surface area contributed by atoms with Crippen molar-refractivity contribution in [2.24, 2.45) is 0 Å². The lowest BCUT2D eigenvalue weighted by molar-refractivity contribution is 0.0588. The fraction of sp³-hybridized carbons (Fsp3) is 0.385. The number of carboxylic acid groups (broad SMARTS) is 1. The van der Waals surface area contributed by atoms with Crippen LogP contribution in [0.2, 0.25) is 5.15 Å². The number of rotatable bonds is 2. The normalized spacial score (nSPS) is 11.5. The zero-order chi connectivity index (χ0) is 16.7. The van der Waals surface area contributed by atoms with Crippen molar-refractivity contribution in [2.45, 2.75) is 26.4 Å². The van der Waals surface area contributed by atoms with Crippen molar-refractivity contribution in [1.82, 2.24) is 14.6 Å². The molecule has 2 aromatic rings. The molecule has 0 aromatic carbocycles. The predicted molar refractivity (Wildman–Crippen MR) is 79.6 cm³/mol. The number of hydrogen-bond donors (Lipinski definition) is 1. The Bertz CT molecular complexity index is 750. The first-order valence-electron chi connectivity index (χ1n) is 6.34. The minimum atomic E-state index is -1.20. The average molecular weight is 327 g/mol. The number of aromatic carboxylic acids is 1. The first-order chi connectivity index (χ1) is 10.1. The van der Waals surface area contributed by atoms with Crippen molar-refractivity contribution in [2.75, 3.05) is 11.9 Å². The van der Waals surface area contributed by atoms with Gasteiger partial charge in [-0.2, -0.15) is 5.10 Å². The van der Waals surface area contributed by atoms with Crippen LogP contribution < -0.4 is 4.90 Å². The van der Waals surface area contributed by atoms with Gasteiger partial charge < -0.3 is 9.84 Å². The second kappa shape index (κ2) is 5.45. The first-order valence-corrected chi connectivity index (χ1v) is 6.72. The summed E-state index contributed by atoms with van der Waals surface area (Å²) in [5, 5.41) is 13.0. The Kier molecular flexibility index (Phi) is 3.97. The van der Waals surface area contributed by atoms with E-state index >= 15 is 0 Å². The quantitative estimate of drug-likeness (QED) is 0.910. The number of carbonyl (C=O) groups excluding carboxylic acids is 1. The van der Waals surface area contributed by atoms with E-state index < -0.39 is 17.7 Å². The molecular weight excluding hydrogens is 312 g/mol. The summed E-state index contributed by atoms with van der Waals surface area (Å²) in [6, 6.07) is 1.42. The number of anilines is 1. The Morgan fingerprint density at radius 3 is 2.59 bits per heavy atom. The summed E-state index contributed by atoms with van der Waals surface area (Å²) < 4.78 is 6.34. The lowest BCUT2D eigenvalue weighted by Crippen LogP contribution is -2.34. The number of carboxylic acids is 1. The molecule has 2 aromatic heterocycles. The highest BCUT2D eigenvalue weighted by Crippen LogP contribution is 2.25. The van der Waals surface area contributed by atoms with Gasteiger partial charge in [0.15, 0.2) is 16.5 Å². The summed E-state index contributed by atoms with van der Waals surface area (Å²) in [6.07, 6.45) is 0.532. The van der Waals surface area contributed by atoms with Gasteiger partial charge in [0.2, 0.25) is 0 Å². The van der Waals surface area contributed by atoms with Crippen molar-refractivity contribution < 1.29 is 19.4 Å². The van der Waals surface area contributed by atoms with Crippen LogP contribution in [-0.2, 0) is 4.74 Å². The standard InChI is InChI=1S/C13H15ClN4O4/c1-13(2,3)22-12(21)17(4)7-5-9(14)16-18-8(11(19)20)6-15-10(7)18/h5-6H,1-4H3,(H,19,20). The van der Waals surface area contributed by atoms with Gasteiger partial charge in [0.05, 0.1) is 11.9 Å². The van der Waals surface area contributed by atoms with Gasteiger partial charge >= 0.3 is 12.1 Å². The van der Waals surface area contributed by atoms with Crippen LogP contribution in [0, 0.1) is 0 Å². The lowest BCUT2D eigenvalue weighted by atomic mass is 10.2. The van der Waals surface area contributed by atoms with E-state index in [1.807, 2.05) is 0 Å². The molecule has 1 amide bonds. The number of nitrogens with zero attached hydrogens (tertiary/aromatic N) is 4. The maximum atomic E-state index is 12.1. The monoisotopic (exact) mass is 326 g/mol. The number of carbonyl (C=O) groups is 2. The van der Waals surface area contributed by atoms with Gasteiger partial charge in [0, 0.05) is 13.1 Å². The molecular formula is C13H15ClN4O4. The fourth-order valence-electron chi connectivity index (χ4n) is 1.74. The van der Waals surface area contributed by atoms with E-state index in [9.17, 15) is 9.59 Å². The fourth-order valence-corrected chi connectivity index (χ4v) is 1.92. The van der Waals surface area contributed by atoms with Crippen molar-refractivity contribution in [3.63, 3.8) is 0 Å². The molecule has 118 valence electrons. The van der Waals surface area contributed by atoms with Gasteiger partial charge in [0.25, 0.3) is 0 Å². The summed E-state index contributed by atoms with van der Waals surface area (Å²) in [6.45, 7) is 5.23. The number of hydrogen-bond acceptors (Lipinski definition) is 5. The number of aromatic nitrogens is 3. The zero-order valence-corrected chi connectivity index (χ0v) is 13.2. The summed E-state index contributed by atoms with van der Waals surface area (Å²) in [5.41, 5.74) is -0.339. The van der Waals surface area contributed by atoms with E-state index in [1.54, 1.807) is 20.8 Å². The topological polar surface area (TPSA) is 97.0 Å². The van der Waals surface area contributed by atoms with Crippen LogP contribution in [0.25, 0.3) is 5.65 Å². The highest BCUT2D eigenvalue weighted by molar-refractivity contribution is 6.29. The van der Waals surface area contributed by atoms with Crippen LogP contribution in [0.15, 0.2) is 12.3 Å². The molecule has 0 unspecified atom stereocenters. The van der Waals surface area contributed by atoms with Gasteiger partial charge in [-0.05, 0) is 20.8 Å². The third-order valence-electron chi connectivity index (χ3n) is 2.67. The Balaban J connectivity index is 2.51. The van der Waals surface area contributed by atoms with Gasteiger partial charge in [-0.3, -0.25) is 4.90 Å². The molecule has 8 nitrogen and oxygen atoms in total. The molecule has 0 spiro atoms. The molecule has 9 heteroatoms. The molecule has 0 saturated heterocycles. The molecule has 0 aliphatic heterocycles. The second-order valence-corrected chi connectivity index (χ2v) is 5.96. The minimum Gasteiger partial charge on any atom is -0.476 e. The van der Waals surface area contributed by atoms with Crippen LogP contribution in [0.5, 0.6) is 0 Å². The number of fused-ring (bicyclic) bond motifs is 1. The van der Waals surface area contributed by atoms with E-state index in [1.165, 1.54) is 18.0 Å².